The lowest BCUT2D eigenvalue weighted by atomic mass is 10.1. The number of hydrogen-bond donors (Lipinski definition) is 1. The molecule has 1 saturated carbocycles. The number of hydrogen-bond acceptors (Lipinski definition) is 3. The van der Waals surface area contributed by atoms with E-state index in [9.17, 15) is 0 Å². The number of nitrogens with one attached hydrogen (secondary N) is 1. The first kappa shape index (κ1) is 9.28. The highest BCUT2D eigenvalue weighted by Crippen LogP contribution is 2.29. The maximum absolute atomic E-state index is 5.74. The van der Waals surface area contributed by atoms with Crippen LogP contribution in [0.1, 0.15) is 26.2 Å². The van der Waals surface area contributed by atoms with Gasteiger partial charge in [0.1, 0.15) is 5.15 Å². The van der Waals surface area contributed by atoms with E-state index in [1.54, 1.807) is 11.3 Å². The average Bonchev–Trinajstić information content (AvgIpc) is 2.64. The predicted molar refractivity (Wildman–Crippen MR) is 57.5 cm³/mol. The second-order valence-electron chi connectivity index (χ2n) is 3.63. The van der Waals surface area contributed by atoms with Gasteiger partial charge in [-0.1, -0.05) is 24.9 Å². The number of rotatable bonds is 2. The third-order valence-electron chi connectivity index (χ3n) is 2.65. The van der Waals surface area contributed by atoms with Crippen molar-refractivity contribution in [2.75, 3.05) is 5.32 Å². The molecule has 1 aliphatic rings. The summed E-state index contributed by atoms with van der Waals surface area (Å²) in [6.45, 7) is 2.29. The zero-order chi connectivity index (χ0) is 9.26. The maximum Gasteiger partial charge on any atom is 0.184 e. The van der Waals surface area contributed by atoms with Crippen LogP contribution < -0.4 is 5.32 Å². The van der Waals surface area contributed by atoms with Crippen LogP contribution in [0, 0.1) is 5.92 Å². The van der Waals surface area contributed by atoms with Gasteiger partial charge in [-0.05, 0) is 18.8 Å². The monoisotopic (exact) mass is 216 g/mol. The zero-order valence-corrected chi connectivity index (χ0v) is 9.16. The molecule has 1 N–H and O–H groups in total. The molecule has 2 rings (SSSR count). The summed E-state index contributed by atoms with van der Waals surface area (Å²) in [5.41, 5.74) is 0. The summed E-state index contributed by atoms with van der Waals surface area (Å²) in [4.78, 5) is 4.18. The van der Waals surface area contributed by atoms with Crippen LogP contribution in [0.4, 0.5) is 5.13 Å². The Morgan fingerprint density at radius 1 is 1.62 bits per heavy atom. The Morgan fingerprint density at radius 3 is 3.00 bits per heavy atom. The predicted octanol–water partition coefficient (Wildman–Crippen LogP) is 3.40. The molecule has 72 valence electrons. The first-order valence-corrected chi connectivity index (χ1v) is 5.89. The molecule has 1 aromatic heterocycles. The van der Waals surface area contributed by atoms with Crippen LogP contribution in [0.25, 0.3) is 0 Å². The van der Waals surface area contributed by atoms with Crippen LogP contribution in [0.5, 0.6) is 0 Å². The zero-order valence-electron chi connectivity index (χ0n) is 7.59. The van der Waals surface area contributed by atoms with Crippen molar-refractivity contribution in [2.45, 2.75) is 32.2 Å². The van der Waals surface area contributed by atoms with E-state index in [4.69, 9.17) is 11.6 Å². The van der Waals surface area contributed by atoms with Crippen molar-refractivity contribution in [3.8, 4) is 0 Å². The van der Waals surface area contributed by atoms with Gasteiger partial charge in [-0.2, -0.15) is 0 Å². The van der Waals surface area contributed by atoms with Crippen molar-refractivity contribution in [1.29, 1.82) is 0 Å². The second kappa shape index (κ2) is 3.84. The summed E-state index contributed by atoms with van der Waals surface area (Å²) in [5, 5.41) is 6.86. The second-order valence-corrected chi connectivity index (χ2v) is 4.88. The SMILES string of the molecule is CC1CCCC1Nc1nc(Cl)cs1. The minimum Gasteiger partial charge on any atom is -0.358 e. The van der Waals surface area contributed by atoms with E-state index in [0.29, 0.717) is 11.2 Å². The fourth-order valence-corrected chi connectivity index (χ4v) is 2.74. The van der Waals surface area contributed by atoms with Gasteiger partial charge in [0, 0.05) is 11.4 Å². The van der Waals surface area contributed by atoms with Gasteiger partial charge in [0.15, 0.2) is 5.13 Å². The topological polar surface area (TPSA) is 24.9 Å². The van der Waals surface area contributed by atoms with Crippen LogP contribution >= 0.6 is 22.9 Å². The van der Waals surface area contributed by atoms with E-state index in [-0.39, 0.29) is 0 Å². The minimum atomic E-state index is 0.596. The Bertz CT molecular complexity index is 287. The Morgan fingerprint density at radius 2 is 2.46 bits per heavy atom. The Kier molecular flexibility index (Phi) is 2.74. The third-order valence-corrected chi connectivity index (χ3v) is 3.74. The van der Waals surface area contributed by atoms with Gasteiger partial charge in [-0.15, -0.1) is 11.3 Å². The standard InChI is InChI=1S/C9H13ClN2S/c1-6-3-2-4-7(6)11-9-12-8(10)5-13-9/h5-7H,2-4H2,1H3,(H,11,12). The number of halogens is 1. The smallest absolute Gasteiger partial charge is 0.184 e. The normalized spacial score (nSPS) is 27.8. The molecule has 0 spiro atoms. The molecule has 1 aromatic rings. The van der Waals surface area contributed by atoms with Crippen LogP contribution in [0.3, 0.4) is 0 Å². The molecule has 1 aliphatic carbocycles. The van der Waals surface area contributed by atoms with Crippen molar-refractivity contribution >= 4 is 28.1 Å². The number of nitrogens with zero attached hydrogens (tertiary/aromatic N) is 1. The molecule has 0 amide bonds. The van der Waals surface area contributed by atoms with E-state index in [2.05, 4.69) is 17.2 Å². The molecule has 0 saturated heterocycles. The summed E-state index contributed by atoms with van der Waals surface area (Å²) >= 11 is 7.33. The van der Waals surface area contributed by atoms with Gasteiger partial charge in [0.2, 0.25) is 0 Å². The lowest BCUT2D eigenvalue weighted by molar-refractivity contribution is 0.556. The quantitative estimate of drug-likeness (QED) is 0.820. The highest BCUT2D eigenvalue weighted by atomic mass is 35.5. The van der Waals surface area contributed by atoms with Gasteiger partial charge < -0.3 is 5.32 Å². The largest absolute Gasteiger partial charge is 0.358 e. The summed E-state index contributed by atoms with van der Waals surface area (Å²) in [5.74, 6) is 0.766. The number of aromatic nitrogens is 1. The molecule has 2 nitrogen and oxygen atoms in total. The molecule has 1 heterocycles. The van der Waals surface area contributed by atoms with Gasteiger partial charge in [0.05, 0.1) is 0 Å². The summed E-state index contributed by atoms with van der Waals surface area (Å²) in [6, 6.07) is 0.599. The van der Waals surface area contributed by atoms with Crippen molar-refractivity contribution in [3.63, 3.8) is 0 Å². The van der Waals surface area contributed by atoms with Crippen molar-refractivity contribution < 1.29 is 0 Å². The molecule has 0 radical (unpaired) electrons. The van der Waals surface area contributed by atoms with E-state index >= 15 is 0 Å². The first-order valence-electron chi connectivity index (χ1n) is 4.63. The van der Waals surface area contributed by atoms with Crippen LogP contribution in [0.2, 0.25) is 5.15 Å². The highest BCUT2D eigenvalue weighted by Gasteiger charge is 2.23. The van der Waals surface area contributed by atoms with Crippen molar-refractivity contribution in [2.24, 2.45) is 5.92 Å². The van der Waals surface area contributed by atoms with E-state index < -0.39 is 0 Å². The molecular formula is C9H13ClN2S. The summed E-state index contributed by atoms with van der Waals surface area (Å²) in [6.07, 6.45) is 3.92. The fourth-order valence-electron chi connectivity index (χ4n) is 1.84. The molecule has 0 aromatic carbocycles. The van der Waals surface area contributed by atoms with Gasteiger partial charge in [-0.3, -0.25) is 0 Å². The highest BCUT2D eigenvalue weighted by molar-refractivity contribution is 7.14. The van der Waals surface area contributed by atoms with Gasteiger partial charge >= 0.3 is 0 Å². The van der Waals surface area contributed by atoms with Crippen LogP contribution in [0.15, 0.2) is 5.38 Å². The van der Waals surface area contributed by atoms with Crippen molar-refractivity contribution in [1.82, 2.24) is 4.98 Å². The molecule has 1 fully saturated rings. The van der Waals surface area contributed by atoms with E-state index in [0.717, 1.165) is 11.0 Å². The molecular weight excluding hydrogens is 204 g/mol. The third kappa shape index (κ3) is 2.15. The molecule has 0 bridgehead atoms. The van der Waals surface area contributed by atoms with Gasteiger partial charge in [0.25, 0.3) is 0 Å². The summed E-state index contributed by atoms with van der Waals surface area (Å²) < 4.78 is 0. The number of anilines is 1. The lowest BCUT2D eigenvalue weighted by Crippen LogP contribution is -2.21. The number of thiazole rings is 1. The average molecular weight is 217 g/mol. The summed E-state index contributed by atoms with van der Waals surface area (Å²) in [7, 11) is 0. The molecule has 13 heavy (non-hydrogen) atoms. The maximum atomic E-state index is 5.74. The molecule has 2 atom stereocenters. The van der Waals surface area contributed by atoms with Crippen molar-refractivity contribution in [3.05, 3.63) is 10.5 Å². The molecule has 4 heteroatoms. The Balaban J connectivity index is 1.97. The lowest BCUT2D eigenvalue weighted by Gasteiger charge is -2.15. The van der Waals surface area contributed by atoms with Gasteiger partial charge in [-0.25, -0.2) is 4.98 Å². The minimum absolute atomic E-state index is 0.596. The molecule has 2 unspecified atom stereocenters. The first-order chi connectivity index (χ1) is 6.25. The fraction of sp³-hybridized carbons (Fsp3) is 0.667. The van der Waals surface area contributed by atoms with E-state index in [1.807, 2.05) is 5.38 Å². The Labute approximate surface area is 87.3 Å². The van der Waals surface area contributed by atoms with E-state index in [1.165, 1.54) is 19.3 Å². The Hall–Kier alpha value is -0.280. The van der Waals surface area contributed by atoms with Crippen LogP contribution in [-0.2, 0) is 0 Å². The molecule has 0 aliphatic heterocycles. The van der Waals surface area contributed by atoms with Crippen LogP contribution in [-0.4, -0.2) is 11.0 Å².